The van der Waals surface area contributed by atoms with Crippen LogP contribution in [-0.2, 0) is 6.42 Å². The molecule has 0 aliphatic heterocycles. The van der Waals surface area contributed by atoms with Gasteiger partial charge < -0.3 is 10.3 Å². The molecule has 0 spiro atoms. The molecular weight excluding hydrogens is 224 g/mol. The van der Waals surface area contributed by atoms with Crippen molar-refractivity contribution in [1.29, 1.82) is 0 Å². The standard InChI is InChI=1S/C14H22N4/c1-9(2)18-12(7-14(3,4)5)17-11-6-10(15)8-16-13(11)18/h6,8-9H,7,15H2,1-5H3. The average molecular weight is 246 g/mol. The SMILES string of the molecule is CC(C)n1c(CC(C)(C)C)nc2cc(N)cnc21. The summed E-state index contributed by atoms with van der Waals surface area (Å²) in [6, 6.07) is 2.25. The van der Waals surface area contributed by atoms with Crippen LogP contribution in [0.2, 0.25) is 0 Å². The Morgan fingerprint density at radius 1 is 1.33 bits per heavy atom. The summed E-state index contributed by atoms with van der Waals surface area (Å²) in [5.41, 5.74) is 8.47. The molecule has 2 rings (SSSR count). The van der Waals surface area contributed by atoms with Gasteiger partial charge in [0, 0.05) is 12.5 Å². The van der Waals surface area contributed by atoms with Gasteiger partial charge in [-0.05, 0) is 25.3 Å². The molecule has 0 aliphatic carbocycles. The van der Waals surface area contributed by atoms with E-state index in [4.69, 9.17) is 10.7 Å². The number of nitrogens with zero attached hydrogens (tertiary/aromatic N) is 3. The second-order valence-electron chi connectivity index (χ2n) is 6.34. The van der Waals surface area contributed by atoms with Gasteiger partial charge in [-0.1, -0.05) is 20.8 Å². The van der Waals surface area contributed by atoms with E-state index in [1.807, 2.05) is 6.07 Å². The van der Waals surface area contributed by atoms with Crippen molar-refractivity contribution in [2.75, 3.05) is 5.73 Å². The van der Waals surface area contributed by atoms with E-state index >= 15 is 0 Å². The first-order valence-electron chi connectivity index (χ1n) is 6.40. The van der Waals surface area contributed by atoms with E-state index in [1.54, 1.807) is 6.20 Å². The van der Waals surface area contributed by atoms with Crippen LogP contribution in [0, 0.1) is 5.41 Å². The number of pyridine rings is 1. The number of nitrogen functional groups attached to an aromatic ring is 1. The molecule has 98 valence electrons. The summed E-state index contributed by atoms with van der Waals surface area (Å²) in [6.45, 7) is 11.0. The lowest BCUT2D eigenvalue weighted by atomic mass is 9.92. The molecule has 2 aromatic heterocycles. The van der Waals surface area contributed by atoms with E-state index in [0.29, 0.717) is 11.7 Å². The van der Waals surface area contributed by atoms with Gasteiger partial charge >= 0.3 is 0 Å². The zero-order valence-corrected chi connectivity index (χ0v) is 11.9. The fourth-order valence-corrected chi connectivity index (χ4v) is 2.19. The summed E-state index contributed by atoms with van der Waals surface area (Å²) < 4.78 is 2.21. The Hall–Kier alpha value is -1.58. The lowest BCUT2D eigenvalue weighted by Gasteiger charge is -2.20. The molecule has 0 unspecified atom stereocenters. The van der Waals surface area contributed by atoms with Crippen LogP contribution < -0.4 is 5.73 Å². The molecule has 0 fully saturated rings. The van der Waals surface area contributed by atoms with Crippen molar-refractivity contribution < 1.29 is 0 Å². The van der Waals surface area contributed by atoms with Crippen LogP contribution in [0.15, 0.2) is 12.3 Å². The molecule has 0 atom stereocenters. The number of imidazole rings is 1. The van der Waals surface area contributed by atoms with Crippen molar-refractivity contribution in [2.45, 2.75) is 47.1 Å². The largest absolute Gasteiger partial charge is 0.397 e. The normalized spacial score (nSPS) is 12.6. The number of hydrogen-bond acceptors (Lipinski definition) is 3. The second kappa shape index (κ2) is 4.26. The Labute approximate surface area is 108 Å². The number of nitrogens with two attached hydrogens (primary N) is 1. The summed E-state index contributed by atoms with van der Waals surface area (Å²) in [5, 5.41) is 0. The lowest BCUT2D eigenvalue weighted by molar-refractivity contribution is 0.388. The molecule has 4 heteroatoms. The smallest absolute Gasteiger partial charge is 0.160 e. The minimum atomic E-state index is 0.208. The first kappa shape index (κ1) is 12.9. The fraction of sp³-hybridized carbons (Fsp3) is 0.571. The predicted molar refractivity (Wildman–Crippen MR) is 75.5 cm³/mol. The van der Waals surface area contributed by atoms with Crippen molar-refractivity contribution >= 4 is 16.9 Å². The molecular formula is C14H22N4. The molecule has 0 saturated heterocycles. The van der Waals surface area contributed by atoms with Gasteiger partial charge in [0.25, 0.3) is 0 Å². The van der Waals surface area contributed by atoms with Crippen molar-refractivity contribution in [1.82, 2.24) is 14.5 Å². The maximum atomic E-state index is 5.77. The van der Waals surface area contributed by atoms with Gasteiger partial charge in [-0.3, -0.25) is 0 Å². The second-order valence-corrected chi connectivity index (χ2v) is 6.34. The first-order valence-corrected chi connectivity index (χ1v) is 6.40. The number of aromatic nitrogens is 3. The third-order valence-electron chi connectivity index (χ3n) is 2.83. The minimum absolute atomic E-state index is 0.208. The molecule has 0 radical (unpaired) electrons. The van der Waals surface area contributed by atoms with Crippen LogP contribution in [0.3, 0.4) is 0 Å². The number of rotatable bonds is 2. The van der Waals surface area contributed by atoms with E-state index in [2.05, 4.69) is 44.2 Å². The Kier molecular flexibility index (Phi) is 3.05. The van der Waals surface area contributed by atoms with Crippen LogP contribution in [0.5, 0.6) is 0 Å². The Morgan fingerprint density at radius 3 is 2.56 bits per heavy atom. The molecule has 0 saturated carbocycles. The van der Waals surface area contributed by atoms with Gasteiger partial charge in [0.15, 0.2) is 5.65 Å². The Bertz CT molecular complexity index is 561. The number of anilines is 1. The summed E-state index contributed by atoms with van der Waals surface area (Å²) in [7, 11) is 0. The number of fused-ring (bicyclic) bond motifs is 1. The van der Waals surface area contributed by atoms with E-state index in [-0.39, 0.29) is 5.41 Å². The zero-order valence-electron chi connectivity index (χ0n) is 11.9. The van der Waals surface area contributed by atoms with E-state index in [1.165, 1.54) is 0 Å². The third-order valence-corrected chi connectivity index (χ3v) is 2.83. The molecule has 0 amide bonds. The molecule has 0 aromatic carbocycles. The van der Waals surface area contributed by atoms with E-state index in [0.717, 1.165) is 23.4 Å². The van der Waals surface area contributed by atoms with Gasteiger partial charge in [0.05, 0.1) is 11.9 Å². The van der Waals surface area contributed by atoms with Gasteiger partial charge in [0.1, 0.15) is 11.3 Å². The van der Waals surface area contributed by atoms with Gasteiger partial charge in [-0.15, -0.1) is 0 Å². The average Bonchev–Trinajstić information content (AvgIpc) is 2.51. The quantitative estimate of drug-likeness (QED) is 0.885. The van der Waals surface area contributed by atoms with Crippen LogP contribution in [-0.4, -0.2) is 14.5 Å². The Morgan fingerprint density at radius 2 is 2.00 bits per heavy atom. The van der Waals surface area contributed by atoms with Crippen molar-refractivity contribution in [3.8, 4) is 0 Å². The van der Waals surface area contributed by atoms with Gasteiger partial charge in [0.2, 0.25) is 0 Å². The molecule has 2 N–H and O–H groups in total. The van der Waals surface area contributed by atoms with Crippen LogP contribution in [0.4, 0.5) is 5.69 Å². The molecule has 2 aromatic rings. The highest BCUT2D eigenvalue weighted by Crippen LogP contribution is 2.26. The first-order chi connectivity index (χ1) is 8.28. The lowest BCUT2D eigenvalue weighted by Crippen LogP contribution is -2.15. The topological polar surface area (TPSA) is 56.7 Å². The summed E-state index contributed by atoms with van der Waals surface area (Å²) >= 11 is 0. The molecule has 4 nitrogen and oxygen atoms in total. The van der Waals surface area contributed by atoms with E-state index in [9.17, 15) is 0 Å². The molecule has 18 heavy (non-hydrogen) atoms. The minimum Gasteiger partial charge on any atom is -0.397 e. The zero-order chi connectivity index (χ0) is 13.5. The highest BCUT2D eigenvalue weighted by molar-refractivity contribution is 5.75. The van der Waals surface area contributed by atoms with E-state index < -0.39 is 0 Å². The van der Waals surface area contributed by atoms with Gasteiger partial charge in [-0.25, -0.2) is 9.97 Å². The van der Waals surface area contributed by atoms with Crippen molar-refractivity contribution in [2.24, 2.45) is 5.41 Å². The highest BCUT2D eigenvalue weighted by atomic mass is 15.1. The molecule has 0 bridgehead atoms. The summed E-state index contributed by atoms with van der Waals surface area (Å²) in [5.74, 6) is 1.09. The van der Waals surface area contributed by atoms with Crippen LogP contribution in [0.25, 0.3) is 11.2 Å². The maximum absolute atomic E-state index is 5.77. The highest BCUT2D eigenvalue weighted by Gasteiger charge is 2.20. The van der Waals surface area contributed by atoms with Crippen LogP contribution >= 0.6 is 0 Å². The predicted octanol–water partition coefficient (Wildman–Crippen LogP) is 3.18. The molecule has 0 aliphatic rings. The van der Waals surface area contributed by atoms with Crippen LogP contribution in [0.1, 0.15) is 46.5 Å². The van der Waals surface area contributed by atoms with Crippen molar-refractivity contribution in [3.05, 3.63) is 18.1 Å². The number of hydrogen-bond donors (Lipinski definition) is 1. The summed E-state index contributed by atoms with van der Waals surface area (Å²) in [4.78, 5) is 9.13. The van der Waals surface area contributed by atoms with Crippen molar-refractivity contribution in [3.63, 3.8) is 0 Å². The molecule has 2 heterocycles. The summed E-state index contributed by atoms with van der Waals surface area (Å²) in [6.07, 6.45) is 2.63. The van der Waals surface area contributed by atoms with Gasteiger partial charge in [-0.2, -0.15) is 0 Å². The maximum Gasteiger partial charge on any atom is 0.160 e. The monoisotopic (exact) mass is 246 g/mol. The fourth-order valence-electron chi connectivity index (χ4n) is 2.19. The Balaban J connectivity index is 2.61. The third kappa shape index (κ3) is 2.47.